The lowest BCUT2D eigenvalue weighted by atomic mass is 10.1. The van der Waals surface area contributed by atoms with Gasteiger partial charge in [0.15, 0.2) is 12.4 Å². The zero-order valence-electron chi connectivity index (χ0n) is 12.9. The van der Waals surface area contributed by atoms with Crippen molar-refractivity contribution in [3.8, 4) is 0 Å². The van der Waals surface area contributed by atoms with Crippen molar-refractivity contribution in [3.63, 3.8) is 0 Å². The number of Topliss-reactive ketones (excluding diaryl/α,β-unsaturated/α-hetero) is 1. The molecule has 0 radical (unpaired) electrons. The highest BCUT2D eigenvalue weighted by Crippen LogP contribution is 2.18. The molecule has 0 unspecified atom stereocenters. The molecule has 0 saturated carbocycles. The van der Waals surface area contributed by atoms with Crippen molar-refractivity contribution in [2.45, 2.75) is 0 Å². The number of para-hydroxylation sites is 1. The third-order valence-electron chi connectivity index (χ3n) is 3.27. The van der Waals surface area contributed by atoms with Crippen LogP contribution in [-0.4, -0.2) is 24.3 Å². The van der Waals surface area contributed by atoms with Gasteiger partial charge in [-0.05, 0) is 35.7 Å². The maximum atomic E-state index is 12.3. The smallest absolute Gasteiger partial charge is 0.340 e. The second kappa shape index (κ2) is 7.59. The fourth-order valence-corrected chi connectivity index (χ4v) is 2.73. The standard InChI is InChI=1S/C18H13NO5S/c20-14(16-8-4-10-25-16)11-24-18(22)12-5-1-2-6-13(12)19-17(21)15-7-3-9-23-15/h1-10H,11H2,(H,19,21). The summed E-state index contributed by atoms with van der Waals surface area (Å²) in [4.78, 5) is 36.8. The number of hydrogen-bond donors (Lipinski definition) is 1. The lowest BCUT2D eigenvalue weighted by Gasteiger charge is -2.09. The highest BCUT2D eigenvalue weighted by atomic mass is 32.1. The average Bonchev–Trinajstić information content (AvgIpc) is 3.33. The summed E-state index contributed by atoms with van der Waals surface area (Å²) in [6.45, 7) is -0.361. The number of esters is 1. The van der Waals surface area contributed by atoms with Crippen LogP contribution in [0.4, 0.5) is 5.69 Å². The zero-order valence-corrected chi connectivity index (χ0v) is 13.7. The number of amides is 1. The monoisotopic (exact) mass is 355 g/mol. The normalized spacial score (nSPS) is 10.2. The Hall–Kier alpha value is -3.19. The average molecular weight is 355 g/mol. The second-order valence-electron chi connectivity index (χ2n) is 4.95. The first-order valence-electron chi connectivity index (χ1n) is 7.33. The molecule has 0 aliphatic carbocycles. The zero-order chi connectivity index (χ0) is 17.6. The summed E-state index contributed by atoms with van der Waals surface area (Å²) in [6, 6.07) is 12.9. The number of carbonyl (C=O) groups is 3. The molecule has 3 aromatic rings. The molecular weight excluding hydrogens is 342 g/mol. The van der Waals surface area contributed by atoms with Gasteiger partial charge in [-0.2, -0.15) is 0 Å². The number of rotatable bonds is 6. The van der Waals surface area contributed by atoms with Crippen LogP contribution in [0.15, 0.2) is 64.6 Å². The van der Waals surface area contributed by atoms with Crippen LogP contribution in [0.3, 0.4) is 0 Å². The minimum Gasteiger partial charge on any atom is -0.459 e. The molecule has 3 rings (SSSR count). The molecule has 2 aromatic heterocycles. The third-order valence-corrected chi connectivity index (χ3v) is 4.18. The maximum absolute atomic E-state index is 12.3. The number of carbonyl (C=O) groups excluding carboxylic acids is 3. The number of benzene rings is 1. The highest BCUT2D eigenvalue weighted by Gasteiger charge is 2.18. The molecule has 2 heterocycles. The SMILES string of the molecule is O=C(Nc1ccccc1C(=O)OCC(=O)c1cccs1)c1ccco1. The molecule has 1 aromatic carbocycles. The summed E-state index contributed by atoms with van der Waals surface area (Å²) in [5.74, 6) is -1.34. The quantitative estimate of drug-likeness (QED) is 0.539. The minimum atomic E-state index is -0.694. The van der Waals surface area contributed by atoms with Gasteiger partial charge in [0.05, 0.1) is 22.4 Å². The summed E-state index contributed by atoms with van der Waals surface area (Å²) < 4.78 is 10.1. The minimum absolute atomic E-state index is 0.121. The van der Waals surface area contributed by atoms with Crippen molar-refractivity contribution in [2.75, 3.05) is 11.9 Å². The topological polar surface area (TPSA) is 85.6 Å². The Morgan fingerprint density at radius 3 is 2.60 bits per heavy atom. The van der Waals surface area contributed by atoms with E-state index in [9.17, 15) is 14.4 Å². The number of thiophene rings is 1. The van der Waals surface area contributed by atoms with Gasteiger partial charge in [-0.3, -0.25) is 9.59 Å². The Morgan fingerprint density at radius 1 is 1.04 bits per heavy atom. The molecule has 1 amide bonds. The summed E-state index contributed by atoms with van der Waals surface area (Å²) in [5, 5.41) is 4.36. The van der Waals surface area contributed by atoms with Gasteiger partial charge in [0, 0.05) is 0 Å². The van der Waals surface area contributed by atoms with Gasteiger partial charge in [-0.1, -0.05) is 18.2 Å². The Morgan fingerprint density at radius 2 is 1.88 bits per heavy atom. The molecule has 1 N–H and O–H groups in total. The molecule has 0 saturated heterocycles. The van der Waals surface area contributed by atoms with Crippen molar-refractivity contribution in [1.82, 2.24) is 0 Å². The van der Waals surface area contributed by atoms with Crippen LogP contribution < -0.4 is 5.32 Å². The number of anilines is 1. The van der Waals surface area contributed by atoms with E-state index in [1.807, 2.05) is 0 Å². The van der Waals surface area contributed by atoms with Gasteiger partial charge in [-0.15, -0.1) is 11.3 Å². The van der Waals surface area contributed by atoms with Crippen molar-refractivity contribution in [1.29, 1.82) is 0 Å². The fourth-order valence-electron chi connectivity index (χ4n) is 2.08. The van der Waals surface area contributed by atoms with Crippen LogP contribution in [0.2, 0.25) is 0 Å². The van der Waals surface area contributed by atoms with Gasteiger partial charge in [0.25, 0.3) is 5.91 Å². The van der Waals surface area contributed by atoms with Gasteiger partial charge in [0.2, 0.25) is 5.78 Å². The molecule has 0 atom stereocenters. The summed E-state index contributed by atoms with van der Waals surface area (Å²) in [6.07, 6.45) is 1.38. The Balaban J connectivity index is 1.68. The fraction of sp³-hybridized carbons (Fsp3) is 0.0556. The van der Waals surface area contributed by atoms with E-state index >= 15 is 0 Å². The van der Waals surface area contributed by atoms with Crippen molar-refractivity contribution in [3.05, 3.63) is 76.4 Å². The predicted molar refractivity (Wildman–Crippen MR) is 92.0 cm³/mol. The Labute approximate surface area is 147 Å². The number of nitrogens with one attached hydrogen (secondary N) is 1. The number of furan rings is 1. The first-order valence-corrected chi connectivity index (χ1v) is 8.21. The van der Waals surface area contributed by atoms with E-state index in [1.54, 1.807) is 41.8 Å². The van der Waals surface area contributed by atoms with E-state index < -0.39 is 11.9 Å². The number of hydrogen-bond acceptors (Lipinski definition) is 6. The summed E-state index contributed by atoms with van der Waals surface area (Å²) >= 11 is 1.28. The van der Waals surface area contributed by atoms with Crippen LogP contribution in [0.5, 0.6) is 0 Å². The molecule has 0 bridgehead atoms. The van der Waals surface area contributed by atoms with Crippen molar-refractivity contribution < 1.29 is 23.5 Å². The molecule has 0 aliphatic heterocycles. The highest BCUT2D eigenvalue weighted by molar-refractivity contribution is 7.12. The van der Waals surface area contributed by atoms with Gasteiger partial charge >= 0.3 is 5.97 Å². The molecule has 0 spiro atoms. The lowest BCUT2D eigenvalue weighted by molar-refractivity contribution is 0.0477. The molecule has 25 heavy (non-hydrogen) atoms. The van der Waals surface area contributed by atoms with E-state index in [1.165, 1.54) is 29.7 Å². The molecule has 0 aliphatic rings. The van der Waals surface area contributed by atoms with Crippen LogP contribution in [0.1, 0.15) is 30.6 Å². The summed E-state index contributed by atoms with van der Waals surface area (Å²) in [5.41, 5.74) is 0.429. The van der Waals surface area contributed by atoms with Crippen LogP contribution in [0, 0.1) is 0 Å². The lowest BCUT2D eigenvalue weighted by Crippen LogP contribution is -2.17. The van der Waals surface area contributed by atoms with E-state index in [0.717, 1.165) is 0 Å². The molecule has 0 fully saturated rings. The van der Waals surface area contributed by atoms with E-state index in [-0.39, 0.29) is 29.4 Å². The Kier molecular flexibility index (Phi) is 5.06. The molecule has 126 valence electrons. The molecule has 6 nitrogen and oxygen atoms in total. The second-order valence-corrected chi connectivity index (χ2v) is 5.90. The number of ketones is 1. The Bertz CT molecular complexity index is 884. The maximum Gasteiger partial charge on any atom is 0.340 e. The van der Waals surface area contributed by atoms with E-state index in [4.69, 9.17) is 9.15 Å². The number of ether oxygens (including phenoxy) is 1. The van der Waals surface area contributed by atoms with Crippen LogP contribution >= 0.6 is 11.3 Å². The van der Waals surface area contributed by atoms with Gasteiger partial charge in [-0.25, -0.2) is 4.79 Å². The third kappa shape index (κ3) is 4.02. The van der Waals surface area contributed by atoms with Crippen LogP contribution in [-0.2, 0) is 4.74 Å². The first kappa shape index (κ1) is 16.7. The van der Waals surface area contributed by atoms with E-state index in [2.05, 4.69) is 5.32 Å². The van der Waals surface area contributed by atoms with Crippen molar-refractivity contribution in [2.24, 2.45) is 0 Å². The van der Waals surface area contributed by atoms with Gasteiger partial charge < -0.3 is 14.5 Å². The molecule has 7 heteroatoms. The first-order chi connectivity index (χ1) is 12.1. The van der Waals surface area contributed by atoms with Crippen molar-refractivity contribution >= 4 is 34.7 Å². The largest absolute Gasteiger partial charge is 0.459 e. The molecular formula is C18H13NO5S. The predicted octanol–water partition coefficient (Wildman–Crippen LogP) is 3.63. The van der Waals surface area contributed by atoms with Gasteiger partial charge in [0.1, 0.15) is 0 Å². The van der Waals surface area contributed by atoms with Crippen LogP contribution in [0.25, 0.3) is 0 Å². The van der Waals surface area contributed by atoms with E-state index in [0.29, 0.717) is 4.88 Å². The summed E-state index contributed by atoms with van der Waals surface area (Å²) in [7, 11) is 0.